The molecule has 0 unspecified atom stereocenters. The van der Waals surface area contributed by atoms with Crippen molar-refractivity contribution in [2.45, 2.75) is 27.2 Å². The van der Waals surface area contributed by atoms with Crippen LogP contribution in [0.25, 0.3) is 22.4 Å². The molecule has 19 heavy (non-hydrogen) atoms. The van der Waals surface area contributed by atoms with Crippen molar-refractivity contribution in [3.05, 3.63) is 41.2 Å². The lowest BCUT2D eigenvalue weighted by Gasteiger charge is -2.01. The lowest BCUT2D eigenvalue weighted by molar-refractivity contribution is 0.940. The van der Waals surface area contributed by atoms with Crippen LogP contribution in [0.2, 0.25) is 0 Å². The average molecular weight is 252 g/mol. The second-order valence-corrected chi connectivity index (χ2v) is 4.78. The number of hydrogen-bond acceptors (Lipinski definition) is 3. The van der Waals surface area contributed by atoms with Gasteiger partial charge in [-0.15, -0.1) is 0 Å². The monoisotopic (exact) mass is 252 g/mol. The van der Waals surface area contributed by atoms with Crippen LogP contribution in [0.3, 0.4) is 0 Å². The number of benzene rings is 1. The van der Waals surface area contributed by atoms with E-state index in [-0.39, 0.29) is 0 Å². The summed E-state index contributed by atoms with van der Waals surface area (Å²) in [5.74, 6) is 0.860. The second-order valence-electron chi connectivity index (χ2n) is 4.78. The molecule has 3 rings (SSSR count). The van der Waals surface area contributed by atoms with Gasteiger partial charge in [0.15, 0.2) is 0 Å². The molecule has 4 heteroatoms. The molecule has 0 atom stereocenters. The summed E-state index contributed by atoms with van der Waals surface area (Å²) in [6.45, 7) is 6.04. The van der Waals surface area contributed by atoms with Gasteiger partial charge >= 0.3 is 0 Å². The molecule has 0 bridgehead atoms. The number of fused-ring (bicyclic) bond motifs is 1. The first-order valence-corrected chi connectivity index (χ1v) is 6.47. The number of aryl methyl sites for hydroxylation is 3. The number of hydrogen-bond donors (Lipinski definition) is 1. The molecule has 4 nitrogen and oxygen atoms in total. The summed E-state index contributed by atoms with van der Waals surface area (Å²) in [7, 11) is 0. The molecule has 0 saturated carbocycles. The maximum Gasteiger partial charge on any atom is 0.140 e. The molecular formula is C15H16N4. The fraction of sp³-hybridized carbons (Fsp3) is 0.267. The molecule has 0 spiro atoms. The Morgan fingerprint density at radius 1 is 1.11 bits per heavy atom. The van der Waals surface area contributed by atoms with Crippen LogP contribution in [0, 0.1) is 13.8 Å². The van der Waals surface area contributed by atoms with Crippen LogP contribution in [-0.2, 0) is 6.42 Å². The molecule has 3 aromatic rings. The minimum atomic E-state index is 0.860. The predicted octanol–water partition coefficient (Wildman–Crippen LogP) is 3.20. The summed E-state index contributed by atoms with van der Waals surface area (Å²) in [4.78, 5) is 8.01. The van der Waals surface area contributed by atoms with Crippen molar-refractivity contribution in [1.29, 1.82) is 0 Å². The third-order valence-electron chi connectivity index (χ3n) is 3.31. The summed E-state index contributed by atoms with van der Waals surface area (Å²) in [6, 6.07) is 8.35. The highest BCUT2D eigenvalue weighted by Crippen LogP contribution is 2.23. The smallest absolute Gasteiger partial charge is 0.140 e. The number of aromatic amines is 1. The summed E-state index contributed by atoms with van der Waals surface area (Å²) < 4.78 is 0. The van der Waals surface area contributed by atoms with Gasteiger partial charge in [0.05, 0.1) is 22.4 Å². The molecule has 0 fully saturated rings. The van der Waals surface area contributed by atoms with Gasteiger partial charge in [-0.1, -0.05) is 13.0 Å². The van der Waals surface area contributed by atoms with Crippen LogP contribution in [0.5, 0.6) is 0 Å². The highest BCUT2D eigenvalue weighted by atomic mass is 15.1. The van der Waals surface area contributed by atoms with Crippen LogP contribution in [-0.4, -0.2) is 20.2 Å². The Morgan fingerprint density at radius 3 is 2.74 bits per heavy atom. The quantitative estimate of drug-likeness (QED) is 0.762. The van der Waals surface area contributed by atoms with Crippen molar-refractivity contribution >= 4 is 11.0 Å². The first-order valence-electron chi connectivity index (χ1n) is 6.47. The largest absolute Gasteiger partial charge is 0.338 e. The highest BCUT2D eigenvalue weighted by molar-refractivity contribution is 5.80. The van der Waals surface area contributed by atoms with E-state index in [1.54, 1.807) is 0 Å². The van der Waals surface area contributed by atoms with Gasteiger partial charge in [-0.05, 0) is 44.0 Å². The minimum absolute atomic E-state index is 0.860. The molecule has 0 radical (unpaired) electrons. The molecule has 1 aromatic carbocycles. The van der Waals surface area contributed by atoms with Gasteiger partial charge < -0.3 is 4.98 Å². The van der Waals surface area contributed by atoms with Crippen molar-refractivity contribution in [2.24, 2.45) is 0 Å². The van der Waals surface area contributed by atoms with E-state index < -0.39 is 0 Å². The molecule has 0 aliphatic carbocycles. The van der Waals surface area contributed by atoms with Crippen molar-refractivity contribution in [1.82, 2.24) is 20.2 Å². The number of nitrogens with one attached hydrogen (secondary N) is 1. The van der Waals surface area contributed by atoms with E-state index >= 15 is 0 Å². The summed E-state index contributed by atoms with van der Waals surface area (Å²) >= 11 is 0. The first-order chi connectivity index (χ1) is 9.17. The van der Waals surface area contributed by atoms with Crippen molar-refractivity contribution in [3.8, 4) is 11.4 Å². The Bertz CT molecular complexity index is 743. The van der Waals surface area contributed by atoms with E-state index in [0.717, 1.165) is 40.2 Å². The van der Waals surface area contributed by atoms with E-state index in [4.69, 9.17) is 0 Å². The van der Waals surface area contributed by atoms with Crippen LogP contribution in [0.15, 0.2) is 24.3 Å². The van der Waals surface area contributed by atoms with Crippen molar-refractivity contribution < 1.29 is 0 Å². The highest BCUT2D eigenvalue weighted by Gasteiger charge is 2.09. The maximum absolute atomic E-state index is 4.64. The zero-order valence-electron chi connectivity index (χ0n) is 11.4. The first kappa shape index (κ1) is 11.8. The molecule has 0 aliphatic rings. The normalized spacial score (nSPS) is 11.1. The molecule has 96 valence electrons. The van der Waals surface area contributed by atoms with Crippen molar-refractivity contribution in [2.75, 3.05) is 0 Å². The van der Waals surface area contributed by atoms with Gasteiger partial charge in [0.2, 0.25) is 0 Å². The van der Waals surface area contributed by atoms with E-state index in [2.05, 4.69) is 45.3 Å². The number of imidazole rings is 1. The standard InChI is InChI=1S/C15H16N4/c1-4-11-5-6-13-14(8-11)17-15(16-13)12-7-9(2)18-19-10(12)3/h5-8H,4H2,1-3H3,(H,16,17). The molecular weight excluding hydrogens is 236 g/mol. The third-order valence-corrected chi connectivity index (χ3v) is 3.31. The molecule has 1 N–H and O–H groups in total. The van der Waals surface area contributed by atoms with Gasteiger partial charge in [0.25, 0.3) is 0 Å². The summed E-state index contributed by atoms with van der Waals surface area (Å²) in [5, 5.41) is 8.20. The Hall–Kier alpha value is -2.23. The van der Waals surface area contributed by atoms with E-state index in [0.29, 0.717) is 0 Å². The van der Waals surface area contributed by atoms with Gasteiger partial charge in [-0.25, -0.2) is 4.98 Å². The van der Waals surface area contributed by atoms with Crippen LogP contribution >= 0.6 is 0 Å². The number of aromatic nitrogens is 4. The maximum atomic E-state index is 4.64. The fourth-order valence-electron chi connectivity index (χ4n) is 2.19. The van der Waals surface area contributed by atoms with Crippen LogP contribution in [0.4, 0.5) is 0 Å². The average Bonchev–Trinajstić information content (AvgIpc) is 2.83. The second kappa shape index (κ2) is 4.46. The number of nitrogens with zero attached hydrogens (tertiary/aromatic N) is 3. The predicted molar refractivity (Wildman–Crippen MR) is 76.0 cm³/mol. The molecule has 2 heterocycles. The molecule has 2 aromatic heterocycles. The van der Waals surface area contributed by atoms with E-state index in [1.165, 1.54) is 5.56 Å². The minimum Gasteiger partial charge on any atom is -0.338 e. The zero-order chi connectivity index (χ0) is 13.4. The van der Waals surface area contributed by atoms with Crippen LogP contribution in [0.1, 0.15) is 23.9 Å². The van der Waals surface area contributed by atoms with E-state index in [9.17, 15) is 0 Å². The Balaban J connectivity index is 2.17. The molecule has 0 aliphatic heterocycles. The Morgan fingerprint density at radius 2 is 1.95 bits per heavy atom. The topological polar surface area (TPSA) is 54.5 Å². The van der Waals surface area contributed by atoms with Gasteiger partial charge in [0, 0.05) is 5.56 Å². The van der Waals surface area contributed by atoms with Gasteiger partial charge in [-0.3, -0.25) is 0 Å². The molecule has 0 saturated heterocycles. The Kier molecular flexibility index (Phi) is 2.78. The number of H-pyrrole nitrogens is 1. The third kappa shape index (κ3) is 2.10. The number of rotatable bonds is 2. The lowest BCUT2D eigenvalue weighted by Crippen LogP contribution is -1.94. The fourth-order valence-corrected chi connectivity index (χ4v) is 2.19. The van der Waals surface area contributed by atoms with Gasteiger partial charge in [0.1, 0.15) is 5.82 Å². The van der Waals surface area contributed by atoms with Crippen LogP contribution < -0.4 is 0 Å². The molecule has 0 amide bonds. The lowest BCUT2D eigenvalue weighted by atomic mass is 10.1. The van der Waals surface area contributed by atoms with E-state index in [1.807, 2.05) is 19.9 Å². The summed E-state index contributed by atoms with van der Waals surface area (Å²) in [6.07, 6.45) is 1.03. The van der Waals surface area contributed by atoms with Gasteiger partial charge in [-0.2, -0.15) is 10.2 Å². The SMILES string of the molecule is CCc1ccc2nc(-c3cc(C)nnc3C)[nH]c2c1. The van der Waals surface area contributed by atoms with Crippen molar-refractivity contribution in [3.63, 3.8) is 0 Å². The summed E-state index contributed by atoms with van der Waals surface area (Å²) in [5.41, 5.74) is 6.17. The Labute approximate surface area is 111 Å². The zero-order valence-corrected chi connectivity index (χ0v) is 11.4.